The van der Waals surface area contributed by atoms with Crippen LogP contribution in [0.3, 0.4) is 0 Å². The van der Waals surface area contributed by atoms with Crippen molar-refractivity contribution in [2.75, 3.05) is 10.6 Å². The van der Waals surface area contributed by atoms with E-state index in [9.17, 15) is 14.3 Å². The maximum absolute atomic E-state index is 13.7. The summed E-state index contributed by atoms with van der Waals surface area (Å²) in [5.74, 6) is -0.826. The number of H-pyrrole nitrogens is 1. The molecule has 0 fully saturated rings. The van der Waals surface area contributed by atoms with Crippen molar-refractivity contribution in [2.24, 2.45) is 0 Å². The molecule has 0 radical (unpaired) electrons. The molecule has 0 saturated carbocycles. The molecule has 0 aliphatic heterocycles. The molecule has 4 N–H and O–H groups in total. The Morgan fingerprint density at radius 3 is 2.79 bits per heavy atom. The highest BCUT2D eigenvalue weighted by atomic mass is 19.1. The van der Waals surface area contributed by atoms with Gasteiger partial charge in [-0.05, 0) is 42.0 Å². The molecule has 0 bridgehead atoms. The SMILES string of the molecule is O=C(Nc1ccc(O)cc1)c1cc(F)cnc1NCc1ccnc2[nH]ncc12. The van der Waals surface area contributed by atoms with Crippen LogP contribution in [-0.4, -0.2) is 31.2 Å². The van der Waals surface area contributed by atoms with Crippen LogP contribution in [0.1, 0.15) is 15.9 Å². The van der Waals surface area contributed by atoms with Crippen molar-refractivity contribution in [1.82, 2.24) is 20.2 Å². The molecule has 8 nitrogen and oxygen atoms in total. The Balaban J connectivity index is 1.56. The van der Waals surface area contributed by atoms with Crippen LogP contribution in [0.2, 0.25) is 0 Å². The number of phenolic OH excluding ortho intramolecular Hbond substituents is 1. The van der Waals surface area contributed by atoms with E-state index in [-0.39, 0.29) is 17.1 Å². The summed E-state index contributed by atoms with van der Waals surface area (Å²) in [4.78, 5) is 20.8. The molecule has 0 aliphatic carbocycles. The van der Waals surface area contributed by atoms with E-state index >= 15 is 0 Å². The molecular weight excluding hydrogens is 363 g/mol. The summed E-state index contributed by atoms with van der Waals surface area (Å²) in [5.41, 5.74) is 2.07. The third kappa shape index (κ3) is 3.58. The van der Waals surface area contributed by atoms with Crippen molar-refractivity contribution < 1.29 is 14.3 Å². The Hall–Kier alpha value is -4.01. The van der Waals surface area contributed by atoms with Crippen LogP contribution in [0.15, 0.2) is 55.0 Å². The zero-order valence-electron chi connectivity index (χ0n) is 14.5. The summed E-state index contributed by atoms with van der Waals surface area (Å²) in [7, 11) is 0. The van der Waals surface area contributed by atoms with Gasteiger partial charge in [-0.15, -0.1) is 0 Å². The van der Waals surface area contributed by atoms with Gasteiger partial charge in [-0.25, -0.2) is 14.4 Å². The van der Waals surface area contributed by atoms with E-state index in [0.717, 1.165) is 23.2 Å². The predicted octanol–water partition coefficient (Wildman–Crippen LogP) is 3.06. The van der Waals surface area contributed by atoms with E-state index in [1.165, 1.54) is 12.1 Å². The number of hydrogen-bond acceptors (Lipinski definition) is 6. The highest BCUT2D eigenvalue weighted by Gasteiger charge is 2.15. The van der Waals surface area contributed by atoms with Gasteiger partial charge in [-0.1, -0.05) is 0 Å². The zero-order chi connectivity index (χ0) is 19.5. The molecule has 3 aromatic heterocycles. The third-order valence-electron chi connectivity index (χ3n) is 4.11. The molecule has 9 heteroatoms. The number of aromatic amines is 1. The largest absolute Gasteiger partial charge is 0.508 e. The first-order valence-corrected chi connectivity index (χ1v) is 8.37. The fraction of sp³-hybridized carbons (Fsp3) is 0.0526. The van der Waals surface area contributed by atoms with E-state index < -0.39 is 11.7 Å². The normalized spacial score (nSPS) is 10.8. The topological polar surface area (TPSA) is 116 Å². The van der Waals surface area contributed by atoms with E-state index in [0.29, 0.717) is 17.9 Å². The maximum Gasteiger partial charge on any atom is 0.259 e. The number of amides is 1. The number of carbonyl (C=O) groups is 1. The van der Waals surface area contributed by atoms with Gasteiger partial charge in [0.15, 0.2) is 5.65 Å². The van der Waals surface area contributed by atoms with Crippen LogP contribution in [0.25, 0.3) is 11.0 Å². The summed E-state index contributed by atoms with van der Waals surface area (Å²) in [6, 6.07) is 8.91. The number of pyridine rings is 2. The standard InChI is InChI=1S/C19H15FN6O2/c20-12-7-15(19(28)25-13-1-3-14(27)4-2-13)17(23-9-12)22-8-11-5-6-21-18-16(11)10-24-26-18/h1-7,9-10,27H,8H2,(H,22,23)(H,25,28)(H,21,24,26). The van der Waals surface area contributed by atoms with Gasteiger partial charge in [0.05, 0.1) is 18.0 Å². The van der Waals surface area contributed by atoms with E-state index in [1.54, 1.807) is 24.5 Å². The van der Waals surface area contributed by atoms with Crippen LogP contribution in [0.4, 0.5) is 15.9 Å². The van der Waals surface area contributed by atoms with Gasteiger partial charge in [0, 0.05) is 23.8 Å². The lowest BCUT2D eigenvalue weighted by Crippen LogP contribution is -2.16. The lowest BCUT2D eigenvalue weighted by Gasteiger charge is -2.12. The average Bonchev–Trinajstić information content (AvgIpc) is 3.18. The highest BCUT2D eigenvalue weighted by Crippen LogP contribution is 2.20. The number of nitrogens with one attached hydrogen (secondary N) is 3. The van der Waals surface area contributed by atoms with Gasteiger partial charge < -0.3 is 15.7 Å². The molecule has 0 spiro atoms. The number of aromatic hydroxyl groups is 1. The van der Waals surface area contributed by atoms with Gasteiger partial charge in [0.25, 0.3) is 5.91 Å². The minimum Gasteiger partial charge on any atom is -0.508 e. The molecule has 3 heterocycles. The smallest absolute Gasteiger partial charge is 0.259 e. The van der Waals surface area contributed by atoms with Crippen molar-refractivity contribution in [2.45, 2.75) is 6.54 Å². The van der Waals surface area contributed by atoms with E-state index in [1.807, 2.05) is 6.07 Å². The van der Waals surface area contributed by atoms with E-state index in [4.69, 9.17) is 0 Å². The Labute approximate surface area is 158 Å². The van der Waals surface area contributed by atoms with Crippen LogP contribution < -0.4 is 10.6 Å². The molecule has 0 saturated heterocycles. The summed E-state index contributed by atoms with van der Waals surface area (Å²) in [6.07, 6.45) is 4.35. The van der Waals surface area contributed by atoms with Gasteiger partial charge in [-0.2, -0.15) is 5.10 Å². The van der Waals surface area contributed by atoms with Crippen LogP contribution in [0, 0.1) is 5.82 Å². The molecule has 1 amide bonds. The zero-order valence-corrected chi connectivity index (χ0v) is 14.5. The molecule has 0 unspecified atom stereocenters. The van der Waals surface area contributed by atoms with Crippen molar-refractivity contribution in [3.05, 3.63) is 71.9 Å². The van der Waals surface area contributed by atoms with Gasteiger partial charge in [0.1, 0.15) is 17.4 Å². The van der Waals surface area contributed by atoms with E-state index in [2.05, 4.69) is 30.8 Å². The number of rotatable bonds is 5. The lowest BCUT2D eigenvalue weighted by atomic mass is 10.2. The molecule has 4 aromatic rings. The minimum atomic E-state index is -0.623. The highest BCUT2D eigenvalue weighted by molar-refractivity contribution is 6.07. The lowest BCUT2D eigenvalue weighted by molar-refractivity contribution is 0.102. The maximum atomic E-state index is 13.7. The van der Waals surface area contributed by atoms with Gasteiger partial charge in [0.2, 0.25) is 0 Å². The second-order valence-electron chi connectivity index (χ2n) is 6.01. The number of hydrogen-bond donors (Lipinski definition) is 4. The fourth-order valence-electron chi connectivity index (χ4n) is 2.73. The van der Waals surface area contributed by atoms with Gasteiger partial charge in [-0.3, -0.25) is 9.89 Å². The average molecular weight is 378 g/mol. The molecule has 0 aliphatic rings. The third-order valence-corrected chi connectivity index (χ3v) is 4.11. The first kappa shape index (κ1) is 17.4. The molecule has 1 aromatic carbocycles. The quantitative estimate of drug-likeness (QED) is 0.397. The van der Waals surface area contributed by atoms with Crippen molar-refractivity contribution in [3.63, 3.8) is 0 Å². The van der Waals surface area contributed by atoms with Crippen molar-refractivity contribution >= 4 is 28.4 Å². The summed E-state index contributed by atoms with van der Waals surface area (Å²) >= 11 is 0. The Kier molecular flexibility index (Phi) is 4.55. The number of fused-ring (bicyclic) bond motifs is 1. The number of anilines is 2. The number of carbonyl (C=O) groups excluding carboxylic acids is 1. The number of benzene rings is 1. The molecule has 4 rings (SSSR count). The second kappa shape index (κ2) is 7.31. The Morgan fingerprint density at radius 2 is 1.96 bits per heavy atom. The Bertz CT molecular complexity index is 1140. The number of phenols is 1. The molecule has 28 heavy (non-hydrogen) atoms. The summed E-state index contributed by atoms with van der Waals surface area (Å²) in [6.45, 7) is 0.344. The Morgan fingerprint density at radius 1 is 1.14 bits per heavy atom. The molecule has 140 valence electrons. The molecule has 0 atom stereocenters. The van der Waals surface area contributed by atoms with Crippen molar-refractivity contribution in [1.29, 1.82) is 0 Å². The monoisotopic (exact) mass is 378 g/mol. The second-order valence-corrected chi connectivity index (χ2v) is 6.01. The van der Waals surface area contributed by atoms with Crippen LogP contribution in [0.5, 0.6) is 5.75 Å². The first-order chi connectivity index (χ1) is 13.6. The number of nitrogens with zero attached hydrogens (tertiary/aromatic N) is 3. The number of aromatic nitrogens is 4. The molecular formula is C19H15FN6O2. The van der Waals surface area contributed by atoms with Crippen LogP contribution >= 0.6 is 0 Å². The minimum absolute atomic E-state index is 0.0607. The van der Waals surface area contributed by atoms with Crippen molar-refractivity contribution in [3.8, 4) is 5.75 Å². The predicted molar refractivity (Wildman–Crippen MR) is 101 cm³/mol. The van der Waals surface area contributed by atoms with Crippen LogP contribution in [-0.2, 0) is 6.54 Å². The fourth-order valence-corrected chi connectivity index (χ4v) is 2.73. The van der Waals surface area contributed by atoms with Gasteiger partial charge >= 0.3 is 0 Å². The first-order valence-electron chi connectivity index (χ1n) is 8.37. The number of halogens is 1. The summed E-state index contributed by atoms with van der Waals surface area (Å²) < 4.78 is 13.7. The summed E-state index contributed by atoms with van der Waals surface area (Å²) in [5, 5.41) is 22.6.